The Morgan fingerprint density at radius 1 is 0.935 bits per heavy atom. The fraction of sp³-hybridized carbons (Fsp3) is 0.240. The van der Waals surface area contributed by atoms with Crippen LogP contribution in [0.25, 0.3) is 0 Å². The number of benzene rings is 3. The molecule has 0 bridgehead atoms. The van der Waals surface area contributed by atoms with Crippen LogP contribution in [0.5, 0.6) is 11.5 Å². The number of amides is 1. The monoisotopic (exact) mass is 418 g/mol. The predicted molar refractivity (Wildman–Crippen MR) is 119 cm³/mol. The summed E-state index contributed by atoms with van der Waals surface area (Å²) in [5.74, 6) is 0.456. The fourth-order valence-corrected chi connectivity index (χ4v) is 3.80. The summed E-state index contributed by atoms with van der Waals surface area (Å²) in [6.45, 7) is 0.430. The first-order valence-corrected chi connectivity index (χ1v) is 10.4. The minimum absolute atomic E-state index is 0.0196. The van der Waals surface area contributed by atoms with E-state index in [0.717, 1.165) is 16.7 Å². The van der Waals surface area contributed by atoms with Gasteiger partial charge in [0.25, 0.3) is 0 Å². The maximum atomic E-state index is 11.6. The number of aliphatic hydroxyl groups excluding tert-OH is 1. The number of fused-ring (bicyclic) bond motifs is 1. The Morgan fingerprint density at radius 3 is 2.23 bits per heavy atom. The number of hydrogen-bond acceptors (Lipinski definition) is 5. The normalized spacial score (nSPS) is 14.1. The van der Waals surface area contributed by atoms with E-state index in [9.17, 15) is 15.0 Å². The Kier molecular flexibility index (Phi) is 6.50. The summed E-state index contributed by atoms with van der Waals surface area (Å²) in [4.78, 5) is 11.6. The van der Waals surface area contributed by atoms with Crippen LogP contribution in [0.1, 0.15) is 29.2 Å². The highest BCUT2D eigenvalue weighted by Crippen LogP contribution is 2.38. The lowest BCUT2D eigenvalue weighted by atomic mass is 9.98. The summed E-state index contributed by atoms with van der Waals surface area (Å²) in [6, 6.07) is 23.3. The molecule has 6 nitrogen and oxygen atoms in total. The van der Waals surface area contributed by atoms with E-state index < -0.39 is 6.10 Å². The van der Waals surface area contributed by atoms with Crippen molar-refractivity contribution in [2.45, 2.75) is 25.0 Å². The van der Waals surface area contributed by atoms with Crippen molar-refractivity contribution in [3.05, 3.63) is 89.5 Å². The van der Waals surface area contributed by atoms with E-state index in [-0.39, 0.29) is 24.3 Å². The van der Waals surface area contributed by atoms with Gasteiger partial charge in [-0.15, -0.1) is 0 Å². The number of phenols is 1. The summed E-state index contributed by atoms with van der Waals surface area (Å²) >= 11 is 0. The zero-order chi connectivity index (χ0) is 21.6. The van der Waals surface area contributed by atoms with E-state index in [1.165, 1.54) is 6.07 Å². The molecule has 0 aliphatic carbocycles. The van der Waals surface area contributed by atoms with Gasteiger partial charge in [0.05, 0.1) is 11.7 Å². The first-order valence-electron chi connectivity index (χ1n) is 10.4. The summed E-state index contributed by atoms with van der Waals surface area (Å²) < 4.78 is 5.85. The highest BCUT2D eigenvalue weighted by Gasteiger charge is 2.22. The molecule has 0 aromatic heterocycles. The molecule has 0 saturated carbocycles. The molecule has 0 radical (unpaired) electrons. The summed E-state index contributed by atoms with van der Waals surface area (Å²) in [6.07, 6.45) is 0.0911. The van der Waals surface area contributed by atoms with Crippen LogP contribution < -0.4 is 15.4 Å². The minimum Gasteiger partial charge on any atom is -0.506 e. The van der Waals surface area contributed by atoms with Gasteiger partial charge in [-0.25, -0.2) is 0 Å². The molecule has 0 spiro atoms. The second-order valence-electron chi connectivity index (χ2n) is 7.61. The van der Waals surface area contributed by atoms with Crippen LogP contribution in [0.15, 0.2) is 72.8 Å². The smallest absolute Gasteiger partial charge is 0.224 e. The van der Waals surface area contributed by atoms with Crippen LogP contribution in [0.2, 0.25) is 0 Å². The second kappa shape index (κ2) is 9.64. The number of aliphatic hydroxyl groups is 1. The minimum atomic E-state index is -0.738. The van der Waals surface area contributed by atoms with Gasteiger partial charge in [0, 0.05) is 18.5 Å². The molecule has 3 aromatic carbocycles. The van der Waals surface area contributed by atoms with Crippen LogP contribution in [0, 0.1) is 0 Å². The highest BCUT2D eigenvalue weighted by atomic mass is 16.5. The number of carbonyl (C=O) groups is 1. The van der Waals surface area contributed by atoms with Gasteiger partial charge in [0.15, 0.2) is 0 Å². The van der Waals surface area contributed by atoms with E-state index >= 15 is 0 Å². The predicted octanol–water partition coefficient (Wildman–Crippen LogP) is 3.40. The zero-order valence-corrected chi connectivity index (χ0v) is 17.1. The van der Waals surface area contributed by atoms with Gasteiger partial charge >= 0.3 is 0 Å². The van der Waals surface area contributed by atoms with Crippen LogP contribution in [-0.2, 0) is 11.2 Å². The third kappa shape index (κ3) is 5.05. The average Bonchev–Trinajstić information content (AvgIpc) is 2.80. The molecule has 1 amide bonds. The molecule has 6 heteroatoms. The SMILES string of the molecule is O=C1CCc2c(OCC(O)CNC(c3ccccc3)c3ccccc3)ccc(O)c2N1. The average molecular weight is 418 g/mol. The number of phenolic OH excluding ortho intramolecular Hbond substituents is 1. The van der Waals surface area contributed by atoms with Gasteiger partial charge in [-0.3, -0.25) is 4.79 Å². The molecular formula is C25H26N2O4. The zero-order valence-electron chi connectivity index (χ0n) is 17.1. The van der Waals surface area contributed by atoms with Gasteiger partial charge < -0.3 is 25.6 Å². The molecule has 4 N–H and O–H groups in total. The lowest BCUT2D eigenvalue weighted by Gasteiger charge is -2.24. The molecule has 4 rings (SSSR count). The third-order valence-corrected chi connectivity index (χ3v) is 5.37. The molecule has 1 atom stereocenters. The maximum absolute atomic E-state index is 11.6. The maximum Gasteiger partial charge on any atom is 0.224 e. The molecule has 3 aromatic rings. The first-order chi connectivity index (χ1) is 15.1. The van der Waals surface area contributed by atoms with E-state index in [2.05, 4.69) is 34.9 Å². The van der Waals surface area contributed by atoms with E-state index in [0.29, 0.717) is 30.8 Å². The molecule has 1 heterocycles. The van der Waals surface area contributed by atoms with Gasteiger partial charge in [0.1, 0.15) is 24.2 Å². The molecule has 31 heavy (non-hydrogen) atoms. The van der Waals surface area contributed by atoms with Gasteiger partial charge in [-0.05, 0) is 29.7 Å². The first kappa shape index (κ1) is 20.9. The van der Waals surface area contributed by atoms with E-state index in [1.54, 1.807) is 6.07 Å². The topological polar surface area (TPSA) is 90.8 Å². The van der Waals surface area contributed by atoms with Crippen LogP contribution in [0.4, 0.5) is 5.69 Å². The van der Waals surface area contributed by atoms with Crippen molar-refractivity contribution in [2.75, 3.05) is 18.5 Å². The van der Waals surface area contributed by atoms with Crippen molar-refractivity contribution in [3.63, 3.8) is 0 Å². The van der Waals surface area contributed by atoms with Crippen molar-refractivity contribution >= 4 is 11.6 Å². The Morgan fingerprint density at radius 2 is 1.58 bits per heavy atom. The summed E-state index contributed by atoms with van der Waals surface area (Å²) in [5, 5.41) is 26.7. The van der Waals surface area contributed by atoms with Crippen molar-refractivity contribution in [2.24, 2.45) is 0 Å². The second-order valence-corrected chi connectivity index (χ2v) is 7.61. The highest BCUT2D eigenvalue weighted by molar-refractivity contribution is 5.96. The van der Waals surface area contributed by atoms with Crippen molar-refractivity contribution < 1.29 is 19.7 Å². The Balaban J connectivity index is 1.40. The van der Waals surface area contributed by atoms with Gasteiger partial charge in [-0.1, -0.05) is 60.7 Å². The largest absolute Gasteiger partial charge is 0.506 e. The fourth-order valence-electron chi connectivity index (χ4n) is 3.80. The van der Waals surface area contributed by atoms with Crippen LogP contribution in [-0.4, -0.2) is 35.4 Å². The quantitative estimate of drug-likeness (QED) is 0.421. The Bertz CT molecular complexity index is 985. The van der Waals surface area contributed by atoms with E-state index in [1.807, 2.05) is 36.4 Å². The molecule has 1 aliphatic heterocycles. The van der Waals surface area contributed by atoms with Crippen LogP contribution in [0.3, 0.4) is 0 Å². The molecule has 160 valence electrons. The van der Waals surface area contributed by atoms with E-state index in [4.69, 9.17) is 4.74 Å². The number of carbonyl (C=O) groups excluding carboxylic acids is 1. The third-order valence-electron chi connectivity index (χ3n) is 5.37. The van der Waals surface area contributed by atoms with Crippen LogP contribution >= 0.6 is 0 Å². The number of rotatable bonds is 8. The molecule has 1 aliphatic rings. The molecule has 0 saturated heterocycles. The number of aromatic hydroxyl groups is 1. The number of nitrogens with one attached hydrogen (secondary N) is 2. The molecular weight excluding hydrogens is 392 g/mol. The number of ether oxygens (including phenoxy) is 1. The van der Waals surface area contributed by atoms with Gasteiger partial charge in [-0.2, -0.15) is 0 Å². The van der Waals surface area contributed by atoms with Crippen molar-refractivity contribution in [3.8, 4) is 11.5 Å². The molecule has 1 unspecified atom stereocenters. The summed E-state index contributed by atoms with van der Waals surface area (Å²) in [5.41, 5.74) is 3.39. The van der Waals surface area contributed by atoms with Crippen molar-refractivity contribution in [1.29, 1.82) is 0 Å². The lowest BCUT2D eigenvalue weighted by molar-refractivity contribution is -0.116. The lowest BCUT2D eigenvalue weighted by Crippen LogP contribution is -2.34. The molecule has 0 fully saturated rings. The number of hydrogen-bond donors (Lipinski definition) is 4. The number of anilines is 1. The standard InChI is InChI=1S/C25H26N2O4/c28-19(16-31-22-13-12-21(29)25-20(22)11-14-23(30)27-25)15-26-24(17-7-3-1-4-8-17)18-9-5-2-6-10-18/h1-10,12-13,19,24,26,28-29H,11,14-16H2,(H,27,30). The summed E-state index contributed by atoms with van der Waals surface area (Å²) in [7, 11) is 0. The Labute approximate surface area is 181 Å². The van der Waals surface area contributed by atoms with Crippen molar-refractivity contribution in [1.82, 2.24) is 5.32 Å². The van der Waals surface area contributed by atoms with Gasteiger partial charge in [0.2, 0.25) is 5.91 Å². The Hall–Kier alpha value is -3.35.